The van der Waals surface area contributed by atoms with E-state index in [-0.39, 0.29) is 11.1 Å². The molecule has 0 unspecified atom stereocenters. The van der Waals surface area contributed by atoms with E-state index in [1.54, 1.807) is 12.1 Å². The Kier molecular flexibility index (Phi) is 3.84. The summed E-state index contributed by atoms with van der Waals surface area (Å²) in [5.41, 5.74) is 3.78. The van der Waals surface area contributed by atoms with E-state index in [0.29, 0.717) is 0 Å². The van der Waals surface area contributed by atoms with E-state index in [2.05, 4.69) is 25.4 Å². The highest BCUT2D eigenvalue weighted by Gasteiger charge is 2.35. The molecule has 4 heteroatoms. The summed E-state index contributed by atoms with van der Waals surface area (Å²) in [6.45, 7) is 10.2. The molecule has 2 heterocycles. The summed E-state index contributed by atoms with van der Waals surface area (Å²) in [6.07, 6.45) is 0.719. The van der Waals surface area contributed by atoms with Crippen LogP contribution >= 0.6 is 0 Å². The minimum absolute atomic E-state index is 0.145. The summed E-state index contributed by atoms with van der Waals surface area (Å²) in [7, 11) is 0. The van der Waals surface area contributed by atoms with Crippen molar-refractivity contribution in [3.8, 4) is 0 Å². The van der Waals surface area contributed by atoms with Gasteiger partial charge in [0.25, 0.3) is 0 Å². The minimum Gasteiger partial charge on any atom is -0.477 e. The maximum absolute atomic E-state index is 11.2. The fourth-order valence-corrected chi connectivity index (χ4v) is 2.81. The van der Waals surface area contributed by atoms with Crippen LogP contribution in [0.5, 0.6) is 0 Å². The molecule has 0 radical (unpaired) electrons. The van der Waals surface area contributed by atoms with Crippen molar-refractivity contribution in [1.29, 1.82) is 0 Å². The van der Waals surface area contributed by atoms with Crippen LogP contribution < -0.4 is 0 Å². The highest BCUT2D eigenvalue weighted by atomic mass is 16.5. The van der Waals surface area contributed by atoms with Crippen LogP contribution in [0.15, 0.2) is 54.5 Å². The number of hydrogen-bond acceptors (Lipinski definition) is 2. The number of allylic oxidation sites excluding steroid dienone is 2. The molecule has 124 valence electrons. The van der Waals surface area contributed by atoms with Crippen molar-refractivity contribution in [2.75, 3.05) is 0 Å². The molecule has 1 fully saturated rings. The van der Waals surface area contributed by atoms with Crippen molar-refractivity contribution in [1.82, 2.24) is 4.98 Å². The number of nitrogens with one attached hydrogen (secondary N) is 1. The van der Waals surface area contributed by atoms with Crippen molar-refractivity contribution >= 4 is 11.5 Å². The number of benzene rings is 1. The van der Waals surface area contributed by atoms with Crippen LogP contribution in [-0.4, -0.2) is 16.1 Å². The number of carbonyl (C=O) groups is 1. The predicted octanol–water partition coefficient (Wildman–Crippen LogP) is 4.74. The van der Waals surface area contributed by atoms with Gasteiger partial charge in [0.2, 0.25) is 0 Å². The Hall–Kier alpha value is -2.75. The lowest BCUT2D eigenvalue weighted by atomic mass is 9.87. The van der Waals surface area contributed by atoms with Crippen molar-refractivity contribution in [2.24, 2.45) is 5.41 Å². The van der Waals surface area contributed by atoms with Gasteiger partial charge in [-0.3, -0.25) is 0 Å². The van der Waals surface area contributed by atoms with E-state index < -0.39 is 5.97 Å². The summed E-state index contributed by atoms with van der Waals surface area (Å²) >= 11 is 0. The van der Waals surface area contributed by atoms with Crippen LogP contribution in [0, 0.1) is 12.3 Å². The lowest BCUT2D eigenvalue weighted by Crippen LogP contribution is -2.06. The van der Waals surface area contributed by atoms with Crippen LogP contribution in [0.1, 0.15) is 47.6 Å². The summed E-state index contributed by atoms with van der Waals surface area (Å²) in [4.78, 5) is 14.2. The van der Waals surface area contributed by atoms with Crippen LogP contribution in [0.3, 0.4) is 0 Å². The van der Waals surface area contributed by atoms with Gasteiger partial charge in [-0.25, -0.2) is 4.79 Å². The van der Waals surface area contributed by atoms with E-state index in [4.69, 9.17) is 4.74 Å². The second-order valence-corrected chi connectivity index (χ2v) is 6.84. The maximum Gasteiger partial charge on any atom is 0.352 e. The van der Waals surface area contributed by atoms with Gasteiger partial charge in [-0.05, 0) is 24.6 Å². The molecule has 3 rings (SSSR count). The fourth-order valence-electron chi connectivity index (χ4n) is 2.81. The van der Waals surface area contributed by atoms with Crippen LogP contribution in [0.25, 0.3) is 5.57 Å². The van der Waals surface area contributed by atoms with Gasteiger partial charge in [0, 0.05) is 17.4 Å². The average molecular weight is 323 g/mol. The first kappa shape index (κ1) is 16.1. The van der Waals surface area contributed by atoms with Crippen molar-refractivity contribution in [3.05, 3.63) is 77.0 Å². The van der Waals surface area contributed by atoms with Gasteiger partial charge in [-0.2, -0.15) is 0 Å². The van der Waals surface area contributed by atoms with E-state index >= 15 is 0 Å². The first-order valence-corrected chi connectivity index (χ1v) is 7.88. The molecule has 2 aromatic rings. The molecule has 1 aliphatic rings. The Morgan fingerprint density at radius 3 is 2.29 bits per heavy atom. The summed E-state index contributed by atoms with van der Waals surface area (Å²) in [5.74, 6) is 0.561. The SMILES string of the molecule is C=C1O/C(=C(\c2ccc(C)cc2)c2ccc(C(=O)O)[nH]2)CC1(C)C. The van der Waals surface area contributed by atoms with Gasteiger partial charge in [0.05, 0.1) is 5.69 Å². The predicted molar refractivity (Wildman–Crippen MR) is 93.6 cm³/mol. The Bertz CT molecular complexity index is 838. The second-order valence-electron chi connectivity index (χ2n) is 6.84. The Morgan fingerprint density at radius 2 is 1.79 bits per heavy atom. The smallest absolute Gasteiger partial charge is 0.352 e. The fraction of sp³-hybridized carbons (Fsp3) is 0.250. The molecule has 0 amide bonds. The van der Waals surface area contributed by atoms with E-state index in [1.807, 2.05) is 31.2 Å². The molecular formula is C20H21NO3. The number of ether oxygens (including phenoxy) is 1. The highest BCUT2D eigenvalue weighted by molar-refractivity contribution is 5.88. The van der Waals surface area contributed by atoms with Gasteiger partial charge in [-0.1, -0.05) is 50.3 Å². The molecule has 4 nitrogen and oxygen atoms in total. The highest BCUT2D eigenvalue weighted by Crippen LogP contribution is 2.45. The molecule has 1 aromatic carbocycles. The number of hydrogen-bond donors (Lipinski definition) is 2. The molecule has 1 saturated heterocycles. The molecule has 0 bridgehead atoms. The van der Waals surface area contributed by atoms with Crippen LogP contribution in [-0.2, 0) is 4.74 Å². The number of rotatable bonds is 3. The van der Waals surface area contributed by atoms with Gasteiger partial charge in [-0.15, -0.1) is 0 Å². The molecular weight excluding hydrogens is 302 g/mol. The average Bonchev–Trinajstić information content (AvgIpc) is 3.07. The third-order valence-electron chi connectivity index (χ3n) is 4.41. The lowest BCUT2D eigenvalue weighted by Gasteiger charge is -2.13. The normalized spacial score (nSPS) is 18.4. The quantitative estimate of drug-likeness (QED) is 0.857. The number of aryl methyl sites for hydroxylation is 1. The van der Waals surface area contributed by atoms with Crippen molar-refractivity contribution < 1.29 is 14.6 Å². The number of aromatic nitrogens is 1. The van der Waals surface area contributed by atoms with Gasteiger partial charge < -0.3 is 14.8 Å². The zero-order valence-electron chi connectivity index (χ0n) is 14.1. The minimum atomic E-state index is -0.980. The van der Waals surface area contributed by atoms with Gasteiger partial charge >= 0.3 is 5.97 Å². The third-order valence-corrected chi connectivity index (χ3v) is 4.41. The van der Waals surface area contributed by atoms with Gasteiger partial charge in [0.1, 0.15) is 17.2 Å². The topological polar surface area (TPSA) is 62.3 Å². The summed E-state index contributed by atoms with van der Waals surface area (Å²) < 4.78 is 5.97. The lowest BCUT2D eigenvalue weighted by molar-refractivity contribution is 0.0691. The number of carboxylic acid groups (broad SMARTS) is 1. The van der Waals surface area contributed by atoms with E-state index in [9.17, 15) is 9.90 Å². The first-order chi connectivity index (χ1) is 11.3. The molecule has 0 atom stereocenters. The molecule has 1 aliphatic heterocycles. The van der Waals surface area contributed by atoms with E-state index in [0.717, 1.165) is 40.3 Å². The monoisotopic (exact) mass is 323 g/mol. The number of carboxylic acids is 1. The third kappa shape index (κ3) is 2.87. The Labute approximate surface area is 141 Å². The number of aromatic carboxylic acids is 1. The maximum atomic E-state index is 11.2. The summed E-state index contributed by atoms with van der Waals surface area (Å²) in [6, 6.07) is 11.5. The zero-order chi connectivity index (χ0) is 17.5. The molecule has 1 aromatic heterocycles. The standard InChI is InChI=1S/C20H21NO3/c1-12-5-7-14(8-6-12)18(15-9-10-16(21-15)19(22)23)17-11-20(3,4)13(2)24-17/h5-10,21H,2,11H2,1,3-4H3,(H,22,23)/b18-17+. The molecule has 2 N–H and O–H groups in total. The zero-order valence-corrected chi connectivity index (χ0v) is 14.1. The Morgan fingerprint density at radius 1 is 1.17 bits per heavy atom. The molecule has 24 heavy (non-hydrogen) atoms. The first-order valence-electron chi connectivity index (χ1n) is 7.88. The van der Waals surface area contributed by atoms with Crippen LogP contribution in [0.4, 0.5) is 0 Å². The Balaban J connectivity index is 2.16. The second kappa shape index (κ2) is 5.71. The summed E-state index contributed by atoms with van der Waals surface area (Å²) in [5, 5.41) is 9.18. The van der Waals surface area contributed by atoms with Gasteiger partial charge in [0.15, 0.2) is 0 Å². The number of H-pyrrole nitrogens is 1. The molecule has 0 saturated carbocycles. The number of aromatic amines is 1. The largest absolute Gasteiger partial charge is 0.477 e. The van der Waals surface area contributed by atoms with Crippen molar-refractivity contribution in [3.63, 3.8) is 0 Å². The van der Waals surface area contributed by atoms with Crippen LogP contribution in [0.2, 0.25) is 0 Å². The molecule has 0 spiro atoms. The van der Waals surface area contributed by atoms with Crippen molar-refractivity contribution in [2.45, 2.75) is 27.2 Å². The van der Waals surface area contributed by atoms with E-state index in [1.165, 1.54) is 0 Å². The molecule has 0 aliphatic carbocycles.